The monoisotopic (exact) mass is 257 g/mol. The fourth-order valence-corrected chi connectivity index (χ4v) is 1.77. The van der Waals surface area contributed by atoms with E-state index in [1.54, 1.807) is 0 Å². The summed E-state index contributed by atoms with van der Waals surface area (Å²) in [6.07, 6.45) is 4.85. The molecule has 0 bridgehead atoms. The van der Waals surface area contributed by atoms with E-state index in [0.29, 0.717) is 5.28 Å². The van der Waals surface area contributed by atoms with E-state index in [1.165, 1.54) is 0 Å². The molecule has 0 fully saturated rings. The van der Waals surface area contributed by atoms with Crippen molar-refractivity contribution in [2.24, 2.45) is 0 Å². The van der Waals surface area contributed by atoms with Gasteiger partial charge in [-0.05, 0) is 37.3 Å². The molecule has 1 rings (SSSR count). The van der Waals surface area contributed by atoms with Gasteiger partial charge in [-0.3, -0.25) is 0 Å². The van der Waals surface area contributed by atoms with E-state index in [4.69, 9.17) is 16.7 Å². The molecule has 0 aromatic carbocycles. The number of aliphatic hydroxyl groups excluding tert-OH is 1. The van der Waals surface area contributed by atoms with E-state index in [-0.39, 0.29) is 6.61 Å². The number of hydrogen-bond donors (Lipinski definition) is 2. The maximum Gasteiger partial charge on any atom is 0.224 e. The van der Waals surface area contributed by atoms with E-state index in [1.807, 2.05) is 6.07 Å². The normalized spacial score (nSPS) is 10.5. The second-order valence-corrected chi connectivity index (χ2v) is 4.31. The molecule has 96 valence electrons. The standard InChI is InChI=1S/C12H20ClN3O/c1-2-6-10-9-11(16-12(13)15-10)14-7-4-3-5-8-17/h9,17H,2-8H2,1H3,(H,14,15,16). The van der Waals surface area contributed by atoms with Crippen molar-refractivity contribution in [3.63, 3.8) is 0 Å². The van der Waals surface area contributed by atoms with E-state index < -0.39 is 0 Å². The van der Waals surface area contributed by atoms with Gasteiger partial charge in [0.25, 0.3) is 0 Å². The molecule has 0 aliphatic rings. The molecule has 0 unspecified atom stereocenters. The van der Waals surface area contributed by atoms with Crippen LogP contribution in [0.5, 0.6) is 0 Å². The van der Waals surface area contributed by atoms with Gasteiger partial charge in [0.1, 0.15) is 5.82 Å². The summed E-state index contributed by atoms with van der Waals surface area (Å²) in [7, 11) is 0. The second-order valence-electron chi connectivity index (χ2n) is 3.97. The molecule has 0 saturated carbocycles. The van der Waals surface area contributed by atoms with Crippen LogP contribution in [-0.2, 0) is 6.42 Å². The molecule has 0 amide bonds. The van der Waals surface area contributed by atoms with Crippen molar-refractivity contribution in [3.8, 4) is 0 Å². The summed E-state index contributed by atoms with van der Waals surface area (Å²) < 4.78 is 0. The van der Waals surface area contributed by atoms with Gasteiger partial charge >= 0.3 is 0 Å². The minimum absolute atomic E-state index is 0.264. The number of hydrogen-bond acceptors (Lipinski definition) is 4. The van der Waals surface area contributed by atoms with Crippen LogP contribution >= 0.6 is 11.6 Å². The summed E-state index contributed by atoms with van der Waals surface area (Å²) in [5.41, 5.74) is 0.977. The molecule has 0 atom stereocenters. The number of unbranched alkanes of at least 4 members (excludes halogenated alkanes) is 2. The van der Waals surface area contributed by atoms with Crippen molar-refractivity contribution in [1.82, 2.24) is 9.97 Å². The third-order valence-electron chi connectivity index (χ3n) is 2.40. The van der Waals surface area contributed by atoms with Gasteiger partial charge < -0.3 is 10.4 Å². The quantitative estimate of drug-likeness (QED) is 0.555. The van der Waals surface area contributed by atoms with Crippen molar-refractivity contribution in [1.29, 1.82) is 0 Å². The highest BCUT2D eigenvalue weighted by molar-refractivity contribution is 6.28. The smallest absolute Gasteiger partial charge is 0.224 e. The van der Waals surface area contributed by atoms with Crippen LogP contribution in [0, 0.1) is 0 Å². The summed E-state index contributed by atoms with van der Waals surface area (Å²) in [5, 5.41) is 12.2. The number of rotatable bonds is 8. The molecule has 1 aromatic rings. The van der Waals surface area contributed by atoms with Crippen molar-refractivity contribution >= 4 is 17.4 Å². The molecule has 0 aliphatic heterocycles. The average molecular weight is 258 g/mol. The van der Waals surface area contributed by atoms with E-state index in [0.717, 1.165) is 50.2 Å². The van der Waals surface area contributed by atoms with Gasteiger partial charge in [0, 0.05) is 24.9 Å². The molecule has 0 aliphatic carbocycles. The molecule has 1 heterocycles. The van der Waals surface area contributed by atoms with Gasteiger partial charge in [-0.15, -0.1) is 0 Å². The third-order valence-corrected chi connectivity index (χ3v) is 2.57. The van der Waals surface area contributed by atoms with Gasteiger partial charge in [0.15, 0.2) is 0 Å². The molecule has 0 spiro atoms. The Bertz CT molecular complexity index is 334. The first-order chi connectivity index (χ1) is 8.26. The number of aryl methyl sites for hydroxylation is 1. The zero-order valence-electron chi connectivity index (χ0n) is 10.2. The predicted octanol–water partition coefficient (Wildman–Crippen LogP) is 2.66. The molecule has 2 N–H and O–H groups in total. The van der Waals surface area contributed by atoms with Crippen LogP contribution in [0.4, 0.5) is 5.82 Å². The van der Waals surface area contributed by atoms with Crippen molar-refractivity contribution in [3.05, 3.63) is 17.0 Å². The lowest BCUT2D eigenvalue weighted by Crippen LogP contribution is -2.05. The number of nitrogens with zero attached hydrogens (tertiary/aromatic N) is 2. The fourth-order valence-electron chi connectivity index (χ4n) is 1.57. The van der Waals surface area contributed by atoms with Crippen molar-refractivity contribution in [2.45, 2.75) is 39.0 Å². The second kappa shape index (κ2) is 8.25. The van der Waals surface area contributed by atoms with E-state index in [9.17, 15) is 0 Å². The van der Waals surface area contributed by atoms with E-state index >= 15 is 0 Å². The minimum atomic E-state index is 0.264. The number of anilines is 1. The molecule has 0 radical (unpaired) electrons. The largest absolute Gasteiger partial charge is 0.396 e. The minimum Gasteiger partial charge on any atom is -0.396 e. The first-order valence-electron chi connectivity index (χ1n) is 6.14. The van der Waals surface area contributed by atoms with Crippen LogP contribution in [0.15, 0.2) is 6.07 Å². The summed E-state index contributed by atoms with van der Waals surface area (Å²) in [6, 6.07) is 1.95. The maximum absolute atomic E-state index is 8.66. The van der Waals surface area contributed by atoms with Gasteiger partial charge in [-0.25, -0.2) is 9.97 Å². The lowest BCUT2D eigenvalue weighted by atomic mass is 10.2. The molecule has 0 saturated heterocycles. The number of aliphatic hydroxyl groups is 1. The number of halogens is 1. The van der Waals surface area contributed by atoms with Gasteiger partial charge in [-0.1, -0.05) is 13.3 Å². The first-order valence-corrected chi connectivity index (χ1v) is 6.52. The van der Waals surface area contributed by atoms with Crippen LogP contribution < -0.4 is 5.32 Å². The van der Waals surface area contributed by atoms with Crippen LogP contribution in [0.25, 0.3) is 0 Å². The summed E-state index contributed by atoms with van der Waals surface area (Å²) in [6.45, 7) is 3.22. The molecular formula is C12H20ClN3O. The highest BCUT2D eigenvalue weighted by Gasteiger charge is 2.01. The topological polar surface area (TPSA) is 58.0 Å². The lowest BCUT2D eigenvalue weighted by molar-refractivity contribution is 0.283. The Balaban J connectivity index is 2.41. The third kappa shape index (κ3) is 5.84. The Labute approximate surface area is 107 Å². The van der Waals surface area contributed by atoms with Crippen LogP contribution in [0.2, 0.25) is 5.28 Å². The first kappa shape index (κ1) is 14.2. The highest BCUT2D eigenvalue weighted by atomic mass is 35.5. The Kier molecular flexibility index (Phi) is 6.89. The summed E-state index contributed by atoms with van der Waals surface area (Å²) in [4.78, 5) is 8.29. The Morgan fingerprint density at radius 1 is 1.29 bits per heavy atom. The maximum atomic E-state index is 8.66. The van der Waals surface area contributed by atoms with Crippen LogP contribution in [0.1, 0.15) is 38.3 Å². The number of nitrogens with one attached hydrogen (secondary N) is 1. The lowest BCUT2D eigenvalue weighted by Gasteiger charge is -2.07. The van der Waals surface area contributed by atoms with Gasteiger partial charge in [0.05, 0.1) is 0 Å². The van der Waals surface area contributed by atoms with Gasteiger partial charge in [-0.2, -0.15) is 0 Å². The Morgan fingerprint density at radius 3 is 2.82 bits per heavy atom. The zero-order valence-corrected chi connectivity index (χ0v) is 11.0. The average Bonchev–Trinajstić information content (AvgIpc) is 2.28. The van der Waals surface area contributed by atoms with E-state index in [2.05, 4.69) is 22.2 Å². The molecule has 1 aromatic heterocycles. The zero-order chi connectivity index (χ0) is 12.5. The van der Waals surface area contributed by atoms with Crippen molar-refractivity contribution in [2.75, 3.05) is 18.5 Å². The summed E-state index contributed by atoms with van der Waals surface area (Å²) in [5.74, 6) is 0.789. The van der Waals surface area contributed by atoms with Crippen LogP contribution in [0.3, 0.4) is 0 Å². The Morgan fingerprint density at radius 2 is 2.12 bits per heavy atom. The molecule has 4 nitrogen and oxygen atoms in total. The SMILES string of the molecule is CCCc1cc(NCCCCCO)nc(Cl)n1. The molecule has 5 heteroatoms. The Hall–Kier alpha value is -0.870. The number of aromatic nitrogens is 2. The van der Waals surface area contributed by atoms with Crippen LogP contribution in [-0.4, -0.2) is 28.2 Å². The van der Waals surface area contributed by atoms with Crippen molar-refractivity contribution < 1.29 is 5.11 Å². The summed E-state index contributed by atoms with van der Waals surface area (Å²) >= 11 is 5.85. The molecular weight excluding hydrogens is 238 g/mol. The molecule has 17 heavy (non-hydrogen) atoms. The van der Waals surface area contributed by atoms with Gasteiger partial charge in [0.2, 0.25) is 5.28 Å². The fraction of sp³-hybridized carbons (Fsp3) is 0.667. The predicted molar refractivity (Wildman–Crippen MR) is 70.5 cm³/mol. The highest BCUT2D eigenvalue weighted by Crippen LogP contribution is 2.12.